The number of hydrogen-bond acceptors (Lipinski definition) is 7. The lowest BCUT2D eigenvalue weighted by Crippen LogP contribution is -2.49. The van der Waals surface area contributed by atoms with Crippen molar-refractivity contribution in [1.29, 1.82) is 0 Å². The van der Waals surface area contributed by atoms with Gasteiger partial charge >= 0.3 is 0 Å². The van der Waals surface area contributed by atoms with E-state index in [9.17, 15) is 0 Å². The fourth-order valence-corrected chi connectivity index (χ4v) is 7.38. The maximum Gasteiger partial charge on any atom is 0.192 e. The van der Waals surface area contributed by atoms with E-state index < -0.39 is 16.6 Å². The Labute approximate surface area is 272 Å². The van der Waals surface area contributed by atoms with Crippen molar-refractivity contribution in [3.8, 4) is 5.75 Å². The van der Waals surface area contributed by atoms with Gasteiger partial charge < -0.3 is 32.5 Å². The molecule has 0 saturated carbocycles. The van der Waals surface area contributed by atoms with Crippen molar-refractivity contribution in [2.24, 2.45) is 5.92 Å². The number of unbranched alkanes of at least 4 members (excludes halogenated alkanes) is 1. The molecule has 1 aliphatic heterocycles. The molecule has 0 radical (unpaired) electrons. The Balaban J connectivity index is 2.23. The van der Waals surface area contributed by atoms with E-state index >= 15 is 0 Å². The number of methoxy groups -OCH3 is 2. The summed E-state index contributed by atoms with van der Waals surface area (Å²) in [4.78, 5) is 0. The third kappa shape index (κ3) is 11.8. The molecule has 0 aliphatic carbocycles. The van der Waals surface area contributed by atoms with Crippen molar-refractivity contribution in [3.05, 3.63) is 29.8 Å². The molecular formula is C35H66O7Si2. The molecule has 1 aromatic carbocycles. The first-order valence-electron chi connectivity index (χ1n) is 16.7. The minimum Gasteiger partial charge on any atom is -0.497 e. The van der Waals surface area contributed by atoms with Gasteiger partial charge in [-0.1, -0.05) is 67.0 Å². The zero-order chi connectivity index (χ0) is 33.2. The summed E-state index contributed by atoms with van der Waals surface area (Å²) in [5.41, 5.74) is 1.11. The number of hydrogen-bond donors (Lipinski definition) is 0. The zero-order valence-corrected chi connectivity index (χ0v) is 32.4. The Morgan fingerprint density at radius 2 is 1.48 bits per heavy atom. The van der Waals surface area contributed by atoms with E-state index in [0.29, 0.717) is 26.4 Å². The summed E-state index contributed by atoms with van der Waals surface area (Å²) in [7, 11) is -0.545. The lowest BCUT2D eigenvalue weighted by atomic mass is 9.93. The third-order valence-electron chi connectivity index (χ3n) is 10.0. The van der Waals surface area contributed by atoms with Gasteiger partial charge in [0.05, 0.1) is 51.3 Å². The second-order valence-electron chi connectivity index (χ2n) is 15.5. The van der Waals surface area contributed by atoms with Crippen LogP contribution in [0.5, 0.6) is 5.75 Å². The minimum absolute atomic E-state index is 0.0164. The van der Waals surface area contributed by atoms with Crippen molar-refractivity contribution in [1.82, 2.24) is 0 Å². The van der Waals surface area contributed by atoms with Crippen LogP contribution in [0.15, 0.2) is 24.3 Å². The molecule has 0 amide bonds. The van der Waals surface area contributed by atoms with Crippen LogP contribution in [-0.2, 0) is 34.4 Å². The fraction of sp³-hybridized carbons (Fsp3) is 0.829. The molecule has 5 atom stereocenters. The highest BCUT2D eigenvalue weighted by Gasteiger charge is 2.47. The maximum absolute atomic E-state index is 7.05. The Hall–Kier alpha value is -0.786. The van der Waals surface area contributed by atoms with Gasteiger partial charge in [-0.05, 0) is 66.8 Å². The van der Waals surface area contributed by atoms with Crippen LogP contribution in [0.1, 0.15) is 79.7 Å². The molecule has 0 aromatic heterocycles. The highest BCUT2D eigenvalue weighted by molar-refractivity contribution is 6.74. The average molecular weight is 655 g/mol. The molecular weight excluding hydrogens is 589 g/mol. The molecule has 1 aromatic rings. The number of ether oxygens (including phenoxy) is 5. The predicted octanol–water partition coefficient (Wildman–Crippen LogP) is 8.62. The average Bonchev–Trinajstić information content (AvgIpc) is 3.26. The summed E-state index contributed by atoms with van der Waals surface area (Å²) >= 11 is 0. The molecule has 0 spiro atoms. The molecule has 7 nitrogen and oxygen atoms in total. The standard InChI is InChI=1S/C35H66O7Si2/c1-14-15-21-38-22-20-31-30(26-39-24-27-16-18-28(36-8)19-17-27)33(37-9)32(41-31)23-29(42-44(12,13)35(5,6)7)25-40-43(10,11)34(2,3)4/h16-19,29-33H,14-15,20-26H2,1-13H3/t29-,30-,31-,32+,33+/m0/s1. The smallest absolute Gasteiger partial charge is 0.192 e. The molecule has 2 rings (SSSR count). The van der Waals surface area contributed by atoms with E-state index in [0.717, 1.165) is 43.6 Å². The SMILES string of the molecule is CCCCOCC[C@@H]1O[C@H](C[C@@H](CO[Si](C)(C)C(C)(C)C)O[Si](C)(C)C(C)(C)C)[C@H](OC)[C@H]1COCc1ccc(OC)cc1. The molecule has 1 saturated heterocycles. The topological polar surface area (TPSA) is 64.6 Å². The first-order chi connectivity index (χ1) is 20.5. The first-order valence-corrected chi connectivity index (χ1v) is 22.6. The van der Waals surface area contributed by atoms with Crippen LogP contribution in [0.3, 0.4) is 0 Å². The molecule has 0 N–H and O–H groups in total. The van der Waals surface area contributed by atoms with E-state index in [4.69, 9.17) is 32.5 Å². The maximum atomic E-state index is 7.05. The van der Waals surface area contributed by atoms with Crippen LogP contribution >= 0.6 is 0 Å². The van der Waals surface area contributed by atoms with Crippen molar-refractivity contribution in [2.45, 2.75) is 141 Å². The van der Waals surface area contributed by atoms with E-state index in [-0.39, 0.29) is 40.4 Å². The molecule has 0 bridgehead atoms. The lowest BCUT2D eigenvalue weighted by Gasteiger charge is -2.42. The van der Waals surface area contributed by atoms with Crippen LogP contribution in [0.2, 0.25) is 36.3 Å². The second-order valence-corrected chi connectivity index (χ2v) is 25.1. The number of rotatable bonds is 19. The molecule has 0 unspecified atom stereocenters. The number of benzene rings is 1. The molecule has 256 valence electrons. The molecule has 1 aliphatic rings. The Bertz CT molecular complexity index is 940. The monoisotopic (exact) mass is 654 g/mol. The van der Waals surface area contributed by atoms with Crippen LogP contribution in [0.25, 0.3) is 0 Å². The molecule has 1 heterocycles. The normalized spacial score (nSPS) is 22.4. The quantitative estimate of drug-likeness (QED) is 0.109. The van der Waals surface area contributed by atoms with Gasteiger partial charge in [0, 0.05) is 32.7 Å². The van der Waals surface area contributed by atoms with Crippen LogP contribution < -0.4 is 4.74 Å². The molecule has 44 heavy (non-hydrogen) atoms. The highest BCUT2D eigenvalue weighted by atomic mass is 28.4. The largest absolute Gasteiger partial charge is 0.497 e. The van der Waals surface area contributed by atoms with E-state index in [1.54, 1.807) is 14.2 Å². The third-order valence-corrected chi connectivity index (χ3v) is 19.0. The second kappa shape index (κ2) is 17.4. The van der Waals surface area contributed by atoms with Gasteiger partial charge in [0.2, 0.25) is 0 Å². The fourth-order valence-electron chi connectivity index (χ4n) is 4.99. The van der Waals surface area contributed by atoms with Crippen molar-refractivity contribution in [3.63, 3.8) is 0 Å². The van der Waals surface area contributed by atoms with Gasteiger partial charge in [0.25, 0.3) is 0 Å². The van der Waals surface area contributed by atoms with Crippen molar-refractivity contribution < 1.29 is 32.5 Å². The van der Waals surface area contributed by atoms with Crippen LogP contribution in [0, 0.1) is 5.92 Å². The van der Waals surface area contributed by atoms with E-state index in [2.05, 4.69) is 74.7 Å². The van der Waals surface area contributed by atoms with Crippen LogP contribution in [0.4, 0.5) is 0 Å². The van der Waals surface area contributed by atoms with Gasteiger partial charge in [0.1, 0.15) is 5.75 Å². The highest BCUT2D eigenvalue weighted by Crippen LogP contribution is 2.41. The molecule has 1 fully saturated rings. The molecule has 9 heteroatoms. The van der Waals surface area contributed by atoms with Gasteiger partial charge in [-0.2, -0.15) is 0 Å². The Morgan fingerprint density at radius 1 is 0.841 bits per heavy atom. The summed E-state index contributed by atoms with van der Waals surface area (Å²) < 4.78 is 44.4. The van der Waals surface area contributed by atoms with Gasteiger partial charge in [-0.15, -0.1) is 0 Å². The van der Waals surface area contributed by atoms with Gasteiger partial charge in [-0.3, -0.25) is 0 Å². The van der Waals surface area contributed by atoms with Crippen molar-refractivity contribution >= 4 is 16.6 Å². The van der Waals surface area contributed by atoms with Crippen molar-refractivity contribution in [2.75, 3.05) is 40.6 Å². The summed E-state index contributed by atoms with van der Waals surface area (Å²) in [5, 5.41) is 0.220. The van der Waals surface area contributed by atoms with E-state index in [1.807, 2.05) is 24.3 Å². The van der Waals surface area contributed by atoms with Crippen LogP contribution in [-0.4, -0.2) is 81.7 Å². The predicted molar refractivity (Wildman–Crippen MR) is 186 cm³/mol. The summed E-state index contributed by atoms with van der Waals surface area (Å²) in [6, 6.07) is 8.03. The Morgan fingerprint density at radius 3 is 2.02 bits per heavy atom. The summed E-state index contributed by atoms with van der Waals surface area (Å²) in [6.07, 6.45) is 3.42. The van der Waals surface area contributed by atoms with E-state index in [1.165, 1.54) is 0 Å². The summed E-state index contributed by atoms with van der Waals surface area (Å²) in [5.74, 6) is 0.934. The zero-order valence-electron chi connectivity index (χ0n) is 30.4. The first kappa shape index (κ1) is 39.4. The van der Waals surface area contributed by atoms with Gasteiger partial charge in [-0.25, -0.2) is 0 Å². The minimum atomic E-state index is -2.06. The van der Waals surface area contributed by atoms with Gasteiger partial charge in [0.15, 0.2) is 16.6 Å². The summed E-state index contributed by atoms with van der Waals surface area (Å²) in [6.45, 7) is 28.3. The Kier molecular flexibility index (Phi) is 15.6. The lowest BCUT2D eigenvalue weighted by molar-refractivity contribution is -0.0419.